The minimum Gasteiger partial charge on any atom is -0.488 e. The van der Waals surface area contributed by atoms with E-state index in [4.69, 9.17) is 29.8 Å². The summed E-state index contributed by atoms with van der Waals surface area (Å²) in [5.74, 6) is -1.68. The highest BCUT2D eigenvalue weighted by Gasteiger charge is 2.52. The molecule has 232 valence electrons. The predicted molar refractivity (Wildman–Crippen MR) is 156 cm³/mol. The molecular weight excluding hydrogens is 530 g/mol. The Hall–Kier alpha value is -3.02. The Labute approximate surface area is 244 Å². The van der Waals surface area contributed by atoms with Crippen LogP contribution in [0.15, 0.2) is 24.3 Å². The van der Waals surface area contributed by atoms with Crippen molar-refractivity contribution in [3.63, 3.8) is 0 Å². The van der Waals surface area contributed by atoms with Gasteiger partial charge in [-0.1, -0.05) is 12.1 Å². The first kappa shape index (κ1) is 36.0. The largest absolute Gasteiger partial charge is 0.488 e. The molecular formula is C30H49N3O8. The number of benzene rings is 1. The number of carboxylic acid groups (broad SMARTS) is 1. The van der Waals surface area contributed by atoms with Gasteiger partial charge in [-0.15, -0.1) is 0 Å². The molecule has 0 radical (unpaired) electrons. The molecule has 1 heterocycles. The summed E-state index contributed by atoms with van der Waals surface area (Å²) in [6.07, 6.45) is 0.229. The lowest BCUT2D eigenvalue weighted by Gasteiger charge is -2.43. The predicted octanol–water partition coefficient (Wildman–Crippen LogP) is 2.72. The van der Waals surface area contributed by atoms with Gasteiger partial charge < -0.3 is 30.0 Å². The van der Waals surface area contributed by atoms with Crippen molar-refractivity contribution in [3.8, 4) is 5.75 Å². The molecule has 1 aliphatic heterocycles. The van der Waals surface area contributed by atoms with Crippen LogP contribution in [0.1, 0.15) is 74.8 Å². The quantitative estimate of drug-likeness (QED) is 0.293. The zero-order valence-electron chi connectivity index (χ0n) is 26.3. The van der Waals surface area contributed by atoms with Gasteiger partial charge in [0.1, 0.15) is 23.5 Å². The Morgan fingerprint density at radius 2 is 1.54 bits per heavy atom. The van der Waals surface area contributed by atoms with E-state index >= 15 is 0 Å². The Bertz CT molecular complexity index is 1050. The third kappa shape index (κ3) is 13.0. The number of aliphatic carboxylic acids is 1. The highest BCUT2D eigenvalue weighted by atomic mass is 16.6. The molecule has 11 nitrogen and oxygen atoms in total. The average Bonchev–Trinajstić information content (AvgIpc) is 2.77. The van der Waals surface area contributed by atoms with Gasteiger partial charge in [0.15, 0.2) is 11.3 Å². The van der Waals surface area contributed by atoms with Crippen molar-refractivity contribution in [2.75, 3.05) is 26.2 Å². The second kappa shape index (κ2) is 14.2. The molecule has 1 saturated heterocycles. The van der Waals surface area contributed by atoms with Gasteiger partial charge in [0.25, 0.3) is 11.9 Å². The number of piperazine rings is 1. The van der Waals surface area contributed by atoms with E-state index < -0.39 is 46.4 Å². The zero-order chi connectivity index (χ0) is 31.8. The molecule has 4 N–H and O–H groups in total. The number of ether oxygens (including phenoxy) is 3. The maximum absolute atomic E-state index is 13.8. The van der Waals surface area contributed by atoms with E-state index in [-0.39, 0.29) is 31.7 Å². The first-order valence-electron chi connectivity index (χ1n) is 13.7. The van der Waals surface area contributed by atoms with Crippen molar-refractivity contribution in [1.82, 2.24) is 10.2 Å². The lowest BCUT2D eigenvalue weighted by molar-refractivity contribution is -0.165. The second-order valence-corrected chi connectivity index (χ2v) is 13.1. The molecule has 0 saturated carbocycles. The summed E-state index contributed by atoms with van der Waals surface area (Å²) in [5, 5.41) is 10.5. The Balaban J connectivity index is 0.00000196. The van der Waals surface area contributed by atoms with Crippen molar-refractivity contribution >= 4 is 23.6 Å². The van der Waals surface area contributed by atoms with Crippen LogP contribution in [0.3, 0.4) is 0 Å². The average molecular weight is 580 g/mol. The van der Waals surface area contributed by atoms with Crippen LogP contribution in [0.25, 0.3) is 0 Å². The number of Topliss-reactive ketones (excluding diaryl/α,β-unsaturated/α-hetero) is 1. The van der Waals surface area contributed by atoms with Gasteiger partial charge in [0.2, 0.25) is 0 Å². The molecule has 1 amide bonds. The number of nitrogens with one attached hydrogen (secondary N) is 1. The summed E-state index contributed by atoms with van der Waals surface area (Å²) in [4.78, 5) is 50.4. The Morgan fingerprint density at radius 1 is 1.00 bits per heavy atom. The van der Waals surface area contributed by atoms with E-state index in [1.165, 1.54) is 4.90 Å². The van der Waals surface area contributed by atoms with Gasteiger partial charge in [-0.25, -0.2) is 0 Å². The minimum absolute atomic E-state index is 0.203. The SMILES string of the molecule is CC(=O)O.CC(C)(C)OC[C@@]1(C(=O)[C@@H](N)Cc2ccc(OC(C)(C)C)cc2)NCCN(CC(=O)OC(C)(C)C)C1=O. The molecule has 1 fully saturated rings. The molecule has 0 bridgehead atoms. The van der Waals surface area contributed by atoms with Gasteiger partial charge in [0, 0.05) is 20.0 Å². The van der Waals surface area contributed by atoms with Crippen LogP contribution in [0.2, 0.25) is 0 Å². The van der Waals surface area contributed by atoms with Crippen molar-refractivity contribution in [3.05, 3.63) is 29.8 Å². The molecule has 2 atom stereocenters. The zero-order valence-corrected chi connectivity index (χ0v) is 26.3. The van der Waals surface area contributed by atoms with Crippen LogP contribution in [0.4, 0.5) is 0 Å². The molecule has 11 heteroatoms. The fraction of sp³-hybridized carbons (Fsp3) is 0.667. The number of amides is 1. The standard InChI is InChI=1S/C28H45N3O6.C2H4O2/c1-25(2,3)35-18-28(24(34)31(15-14-30-28)17-22(32)37-27(7,8)9)23(33)21(29)16-19-10-12-20(13-11-19)36-26(4,5)6;1-2(3)4/h10-13,21,30H,14-18,29H2,1-9H3;1H3,(H,3,4)/t21-,28-;/m0./s1. The highest BCUT2D eigenvalue weighted by molar-refractivity contribution is 6.13. The molecule has 0 aromatic heterocycles. The maximum Gasteiger partial charge on any atom is 0.326 e. The summed E-state index contributed by atoms with van der Waals surface area (Å²) >= 11 is 0. The lowest BCUT2D eigenvalue weighted by atomic mass is 9.84. The van der Waals surface area contributed by atoms with Crippen LogP contribution in [-0.2, 0) is 35.1 Å². The summed E-state index contributed by atoms with van der Waals surface area (Å²) in [7, 11) is 0. The van der Waals surface area contributed by atoms with Crippen molar-refractivity contribution in [2.45, 2.75) is 104 Å². The minimum atomic E-state index is -1.71. The first-order chi connectivity index (χ1) is 18.5. The van der Waals surface area contributed by atoms with Crippen LogP contribution >= 0.6 is 0 Å². The van der Waals surface area contributed by atoms with E-state index in [2.05, 4.69) is 5.32 Å². The van der Waals surface area contributed by atoms with Crippen molar-refractivity contribution in [2.24, 2.45) is 5.73 Å². The first-order valence-corrected chi connectivity index (χ1v) is 13.7. The molecule has 1 aliphatic rings. The van der Waals surface area contributed by atoms with Crippen molar-refractivity contribution < 1.29 is 38.5 Å². The van der Waals surface area contributed by atoms with Gasteiger partial charge in [0.05, 0.1) is 18.2 Å². The van der Waals surface area contributed by atoms with E-state index in [9.17, 15) is 14.4 Å². The molecule has 0 aliphatic carbocycles. The summed E-state index contributed by atoms with van der Waals surface area (Å²) in [6.45, 7) is 17.9. The highest BCUT2D eigenvalue weighted by Crippen LogP contribution is 2.24. The summed E-state index contributed by atoms with van der Waals surface area (Å²) in [6, 6.07) is 6.41. The number of carbonyl (C=O) groups excluding carboxylic acids is 3. The maximum atomic E-state index is 13.8. The molecule has 1 aromatic rings. The number of rotatable bonds is 9. The van der Waals surface area contributed by atoms with Gasteiger partial charge in [-0.2, -0.15) is 0 Å². The number of carbonyl (C=O) groups is 4. The van der Waals surface area contributed by atoms with E-state index in [0.717, 1.165) is 12.5 Å². The number of esters is 1. The molecule has 1 aromatic carbocycles. The fourth-order valence-electron chi connectivity index (χ4n) is 3.94. The molecule has 0 unspecified atom stereocenters. The topological polar surface area (TPSA) is 157 Å². The van der Waals surface area contributed by atoms with Crippen LogP contribution in [0, 0.1) is 0 Å². The number of carboxylic acids is 1. The molecule has 0 spiro atoms. The number of hydrogen-bond acceptors (Lipinski definition) is 9. The third-order valence-electron chi connectivity index (χ3n) is 5.48. The fourth-order valence-corrected chi connectivity index (χ4v) is 3.94. The Kier molecular flexibility index (Phi) is 12.5. The molecule has 41 heavy (non-hydrogen) atoms. The number of ketones is 1. The van der Waals surface area contributed by atoms with Gasteiger partial charge in [-0.3, -0.25) is 24.5 Å². The van der Waals surface area contributed by atoms with Gasteiger partial charge >= 0.3 is 5.97 Å². The lowest BCUT2D eigenvalue weighted by Crippen LogP contribution is -2.73. The molecule has 2 rings (SSSR count). The third-order valence-corrected chi connectivity index (χ3v) is 5.48. The van der Waals surface area contributed by atoms with E-state index in [0.29, 0.717) is 12.3 Å². The van der Waals surface area contributed by atoms with Crippen LogP contribution < -0.4 is 15.8 Å². The van der Waals surface area contributed by atoms with E-state index in [1.807, 2.05) is 65.8 Å². The second-order valence-electron chi connectivity index (χ2n) is 13.1. The number of hydrogen-bond donors (Lipinski definition) is 3. The van der Waals surface area contributed by atoms with Crippen molar-refractivity contribution in [1.29, 1.82) is 0 Å². The summed E-state index contributed by atoms with van der Waals surface area (Å²) in [5.41, 5.74) is 3.91. The van der Waals surface area contributed by atoms with Crippen LogP contribution in [0.5, 0.6) is 5.75 Å². The smallest absolute Gasteiger partial charge is 0.326 e. The number of nitrogens with zero attached hydrogens (tertiary/aromatic N) is 1. The van der Waals surface area contributed by atoms with Crippen LogP contribution in [-0.4, -0.2) is 88.3 Å². The Morgan fingerprint density at radius 3 is 2.00 bits per heavy atom. The van der Waals surface area contributed by atoms with E-state index in [1.54, 1.807) is 20.8 Å². The summed E-state index contributed by atoms with van der Waals surface area (Å²) < 4.78 is 17.2. The monoisotopic (exact) mass is 579 g/mol. The van der Waals surface area contributed by atoms with Gasteiger partial charge in [-0.05, 0) is 86.4 Å². The normalized spacial score (nSPS) is 18.6. The number of nitrogens with two attached hydrogens (primary N) is 1.